The highest BCUT2D eigenvalue weighted by molar-refractivity contribution is 5.78. The van der Waals surface area contributed by atoms with Gasteiger partial charge in [0.15, 0.2) is 11.6 Å². The zero-order valence-electron chi connectivity index (χ0n) is 17.5. The molecule has 0 aromatic heterocycles. The Bertz CT molecular complexity index is 777. The molecule has 1 saturated heterocycles. The maximum atomic E-state index is 15.0. The number of amides is 1. The van der Waals surface area contributed by atoms with Gasteiger partial charge in [0, 0.05) is 24.1 Å². The number of rotatable bonds is 4. The van der Waals surface area contributed by atoms with E-state index in [1.165, 1.54) is 7.11 Å². The molecule has 0 unspecified atom stereocenters. The zero-order chi connectivity index (χ0) is 20.3. The summed E-state index contributed by atoms with van der Waals surface area (Å²) in [7, 11) is 1.49. The summed E-state index contributed by atoms with van der Waals surface area (Å²) in [5.41, 5.74) is 0.593. The SMILES string of the molecule is COc1cccc([C@H]2OCC[C@@]34C[C@@H](C[C@H]23)C(C)(C)[C@@H]4NC(=O)C(C)C)c1F. The molecule has 4 rings (SSSR count). The molecule has 5 atom stereocenters. The van der Waals surface area contributed by atoms with Crippen LogP contribution in [0.2, 0.25) is 0 Å². The molecule has 3 aliphatic rings. The summed E-state index contributed by atoms with van der Waals surface area (Å²) < 4.78 is 26.4. The largest absolute Gasteiger partial charge is 0.494 e. The molecule has 1 aromatic rings. The van der Waals surface area contributed by atoms with Crippen LogP contribution in [0.15, 0.2) is 18.2 Å². The lowest BCUT2D eigenvalue weighted by Gasteiger charge is -2.53. The molecule has 28 heavy (non-hydrogen) atoms. The average Bonchev–Trinajstić information content (AvgIpc) is 3.14. The first-order valence-corrected chi connectivity index (χ1v) is 10.5. The molecule has 5 heteroatoms. The smallest absolute Gasteiger partial charge is 0.222 e. The summed E-state index contributed by atoms with van der Waals surface area (Å²) in [4.78, 5) is 12.6. The van der Waals surface area contributed by atoms with Crippen LogP contribution in [0, 0.1) is 34.4 Å². The molecule has 154 valence electrons. The fraction of sp³-hybridized carbons (Fsp3) is 0.696. The van der Waals surface area contributed by atoms with Gasteiger partial charge in [-0.2, -0.15) is 0 Å². The molecule has 4 nitrogen and oxygen atoms in total. The molecule has 1 amide bonds. The number of methoxy groups -OCH3 is 1. The molecule has 0 radical (unpaired) electrons. The molecular weight excluding hydrogens is 357 g/mol. The van der Waals surface area contributed by atoms with E-state index in [9.17, 15) is 4.79 Å². The van der Waals surface area contributed by atoms with Crippen LogP contribution in [0.1, 0.15) is 58.6 Å². The number of nitrogens with one attached hydrogen (secondary N) is 1. The van der Waals surface area contributed by atoms with Gasteiger partial charge >= 0.3 is 0 Å². The van der Waals surface area contributed by atoms with Crippen molar-refractivity contribution in [2.45, 2.75) is 59.1 Å². The minimum atomic E-state index is -0.322. The van der Waals surface area contributed by atoms with Gasteiger partial charge in [-0.3, -0.25) is 4.79 Å². The number of carbonyl (C=O) groups is 1. The van der Waals surface area contributed by atoms with E-state index in [0.29, 0.717) is 18.1 Å². The molecule has 2 aliphatic carbocycles. The second kappa shape index (κ2) is 6.72. The Morgan fingerprint density at radius 2 is 2.11 bits per heavy atom. The first kappa shape index (κ1) is 19.7. The van der Waals surface area contributed by atoms with E-state index in [1.807, 2.05) is 26.0 Å². The number of benzene rings is 1. The normalized spacial score (nSPS) is 35.7. The van der Waals surface area contributed by atoms with Crippen LogP contribution in [0.5, 0.6) is 5.75 Å². The third-order valence-corrected chi connectivity index (χ3v) is 7.84. The van der Waals surface area contributed by atoms with Crippen molar-refractivity contribution in [2.24, 2.45) is 28.6 Å². The second-order valence-corrected chi connectivity index (χ2v) is 9.80. The van der Waals surface area contributed by atoms with Crippen molar-refractivity contribution in [3.63, 3.8) is 0 Å². The van der Waals surface area contributed by atoms with Gasteiger partial charge in [0.25, 0.3) is 0 Å². The first-order chi connectivity index (χ1) is 13.2. The Kier molecular flexibility index (Phi) is 4.72. The summed E-state index contributed by atoms with van der Waals surface area (Å²) in [6, 6.07) is 5.39. The number of hydrogen-bond donors (Lipinski definition) is 1. The summed E-state index contributed by atoms with van der Waals surface area (Å²) in [6.07, 6.45) is 2.73. The summed E-state index contributed by atoms with van der Waals surface area (Å²) in [5, 5.41) is 3.39. The Morgan fingerprint density at radius 3 is 2.79 bits per heavy atom. The monoisotopic (exact) mass is 389 g/mol. The number of halogens is 1. The van der Waals surface area contributed by atoms with Gasteiger partial charge in [-0.05, 0) is 48.0 Å². The predicted molar refractivity (Wildman–Crippen MR) is 105 cm³/mol. The molecule has 1 aromatic carbocycles. The number of ether oxygens (including phenoxy) is 2. The van der Waals surface area contributed by atoms with Gasteiger partial charge in [-0.15, -0.1) is 0 Å². The molecule has 1 spiro atoms. The van der Waals surface area contributed by atoms with Gasteiger partial charge in [0.05, 0.1) is 13.2 Å². The molecule has 1 N–H and O–H groups in total. The molecule has 3 fully saturated rings. The highest BCUT2D eigenvalue weighted by Crippen LogP contribution is 2.70. The maximum Gasteiger partial charge on any atom is 0.222 e. The van der Waals surface area contributed by atoms with Crippen molar-refractivity contribution in [1.82, 2.24) is 5.32 Å². The van der Waals surface area contributed by atoms with E-state index in [1.54, 1.807) is 6.07 Å². The van der Waals surface area contributed by atoms with Crippen LogP contribution in [0.3, 0.4) is 0 Å². The van der Waals surface area contributed by atoms with Crippen LogP contribution >= 0.6 is 0 Å². The lowest BCUT2D eigenvalue weighted by atomic mass is 9.58. The second-order valence-electron chi connectivity index (χ2n) is 9.80. The highest BCUT2D eigenvalue weighted by atomic mass is 19.1. The van der Waals surface area contributed by atoms with Crippen LogP contribution < -0.4 is 10.1 Å². The van der Waals surface area contributed by atoms with Crippen molar-refractivity contribution < 1.29 is 18.7 Å². The molecular formula is C23H32FNO3. The van der Waals surface area contributed by atoms with Crippen molar-refractivity contribution in [3.05, 3.63) is 29.6 Å². The van der Waals surface area contributed by atoms with Crippen LogP contribution in [-0.2, 0) is 9.53 Å². The van der Waals surface area contributed by atoms with Gasteiger partial charge in [0.1, 0.15) is 0 Å². The van der Waals surface area contributed by atoms with Gasteiger partial charge in [-0.25, -0.2) is 4.39 Å². The van der Waals surface area contributed by atoms with Crippen molar-refractivity contribution in [1.29, 1.82) is 0 Å². The summed E-state index contributed by atoms with van der Waals surface area (Å²) in [6.45, 7) is 9.02. The van der Waals surface area contributed by atoms with Crippen molar-refractivity contribution in [2.75, 3.05) is 13.7 Å². The quantitative estimate of drug-likeness (QED) is 0.825. The zero-order valence-corrected chi connectivity index (χ0v) is 17.5. The number of hydrogen-bond acceptors (Lipinski definition) is 3. The van der Waals surface area contributed by atoms with E-state index >= 15 is 4.39 Å². The van der Waals surface area contributed by atoms with E-state index in [2.05, 4.69) is 19.2 Å². The van der Waals surface area contributed by atoms with E-state index in [0.717, 1.165) is 19.3 Å². The molecule has 2 saturated carbocycles. The van der Waals surface area contributed by atoms with Gasteiger partial charge < -0.3 is 14.8 Å². The Hall–Kier alpha value is -1.62. The lowest BCUT2D eigenvalue weighted by molar-refractivity contribution is -0.139. The first-order valence-electron chi connectivity index (χ1n) is 10.5. The van der Waals surface area contributed by atoms with Crippen molar-refractivity contribution >= 4 is 5.91 Å². The lowest BCUT2D eigenvalue weighted by Crippen LogP contribution is -2.59. The van der Waals surface area contributed by atoms with Gasteiger partial charge in [0.2, 0.25) is 5.91 Å². The standard InChI is InChI=1S/C23H32FNO3/c1-13(2)20(26)25-21-22(3,4)14-11-16-19(28-10-9-23(16,21)12-14)15-7-6-8-17(27-5)18(15)24/h6-8,13-14,16,19,21H,9-12H2,1-5H3,(H,25,26)/t14-,16-,19-,21+,23-/m1/s1. The Balaban J connectivity index is 1.71. The topological polar surface area (TPSA) is 47.6 Å². The van der Waals surface area contributed by atoms with E-state index in [4.69, 9.17) is 9.47 Å². The minimum Gasteiger partial charge on any atom is -0.494 e. The fourth-order valence-electron chi connectivity index (χ4n) is 6.31. The number of carbonyl (C=O) groups excluding carboxylic acids is 1. The third kappa shape index (κ3) is 2.69. The summed E-state index contributed by atoms with van der Waals surface area (Å²) in [5.74, 6) is 0.711. The van der Waals surface area contributed by atoms with Crippen LogP contribution in [-0.4, -0.2) is 25.7 Å². The fourth-order valence-corrected chi connectivity index (χ4v) is 6.31. The Labute approximate surface area is 167 Å². The van der Waals surface area contributed by atoms with E-state index < -0.39 is 0 Å². The van der Waals surface area contributed by atoms with Crippen molar-refractivity contribution in [3.8, 4) is 5.75 Å². The average molecular weight is 390 g/mol. The highest BCUT2D eigenvalue weighted by Gasteiger charge is 2.68. The van der Waals surface area contributed by atoms with Crippen LogP contribution in [0.25, 0.3) is 0 Å². The number of fused-ring (bicyclic) bond motifs is 1. The molecule has 1 aliphatic heterocycles. The van der Waals surface area contributed by atoms with E-state index in [-0.39, 0.29) is 52.3 Å². The third-order valence-electron chi connectivity index (χ3n) is 7.84. The van der Waals surface area contributed by atoms with Crippen LogP contribution in [0.4, 0.5) is 4.39 Å². The Morgan fingerprint density at radius 1 is 1.36 bits per heavy atom. The van der Waals surface area contributed by atoms with Gasteiger partial charge in [-0.1, -0.05) is 39.8 Å². The molecule has 2 bridgehead atoms. The minimum absolute atomic E-state index is 0.0306. The summed E-state index contributed by atoms with van der Waals surface area (Å²) >= 11 is 0. The maximum absolute atomic E-state index is 15.0. The molecule has 1 heterocycles. The predicted octanol–water partition coefficient (Wildman–Crippen LogP) is 4.49.